The molecule has 0 aliphatic rings. The first-order valence-corrected chi connectivity index (χ1v) is 6.16. The smallest absolute Gasteiger partial charge is 0.141 e. The Labute approximate surface area is 117 Å². The van der Waals surface area contributed by atoms with Crippen LogP contribution in [0.4, 0.5) is 8.78 Å². The van der Waals surface area contributed by atoms with E-state index in [2.05, 4.69) is 15.9 Å². The topological polar surface area (TPSA) is 33.0 Å². The molecule has 0 aliphatic heterocycles. The van der Waals surface area contributed by atoms with Crippen molar-refractivity contribution in [2.45, 2.75) is 6.61 Å². The summed E-state index contributed by atoms with van der Waals surface area (Å²) in [7, 11) is 0. The van der Waals surface area contributed by atoms with Crippen LogP contribution >= 0.6 is 15.9 Å². The van der Waals surface area contributed by atoms with Crippen molar-refractivity contribution in [1.82, 2.24) is 0 Å². The molecule has 0 fully saturated rings. The average Bonchev–Trinajstić information content (AvgIpc) is 2.40. The molecule has 0 spiro atoms. The molecular formula is C14H8BrF2NO. The first-order valence-electron chi connectivity index (χ1n) is 5.36. The third-order valence-corrected chi connectivity index (χ3v) is 3.12. The van der Waals surface area contributed by atoms with Crippen molar-refractivity contribution in [3.8, 4) is 11.8 Å². The molecular weight excluding hydrogens is 316 g/mol. The lowest BCUT2D eigenvalue weighted by atomic mass is 10.1. The zero-order valence-corrected chi connectivity index (χ0v) is 11.2. The Morgan fingerprint density at radius 1 is 1.16 bits per heavy atom. The molecule has 2 nitrogen and oxygen atoms in total. The highest BCUT2D eigenvalue weighted by Gasteiger charge is 2.06. The third-order valence-electron chi connectivity index (χ3n) is 2.47. The fourth-order valence-electron chi connectivity index (χ4n) is 1.52. The lowest BCUT2D eigenvalue weighted by molar-refractivity contribution is 0.303. The van der Waals surface area contributed by atoms with Gasteiger partial charge in [-0.25, -0.2) is 8.78 Å². The fourth-order valence-corrected chi connectivity index (χ4v) is 1.77. The highest BCUT2D eigenvalue weighted by Crippen LogP contribution is 2.22. The van der Waals surface area contributed by atoms with E-state index >= 15 is 0 Å². The first-order chi connectivity index (χ1) is 9.10. The van der Waals surface area contributed by atoms with Gasteiger partial charge < -0.3 is 4.74 Å². The summed E-state index contributed by atoms with van der Waals surface area (Å²) in [6, 6.07) is 10.1. The Kier molecular flexibility index (Phi) is 4.13. The second-order valence-electron chi connectivity index (χ2n) is 3.78. The lowest BCUT2D eigenvalue weighted by Crippen LogP contribution is -1.99. The minimum Gasteiger partial charge on any atom is -0.489 e. The highest BCUT2D eigenvalue weighted by molar-refractivity contribution is 9.10. The number of hydrogen-bond donors (Lipinski definition) is 0. The molecule has 0 saturated heterocycles. The van der Waals surface area contributed by atoms with Gasteiger partial charge >= 0.3 is 0 Å². The zero-order chi connectivity index (χ0) is 13.8. The average molecular weight is 324 g/mol. The zero-order valence-electron chi connectivity index (χ0n) is 9.66. The van der Waals surface area contributed by atoms with Gasteiger partial charge in [0.25, 0.3) is 0 Å². The van der Waals surface area contributed by atoms with Crippen molar-refractivity contribution in [1.29, 1.82) is 5.26 Å². The van der Waals surface area contributed by atoms with Gasteiger partial charge in [0.15, 0.2) is 0 Å². The predicted octanol–water partition coefficient (Wildman–Crippen LogP) is 4.18. The van der Waals surface area contributed by atoms with E-state index < -0.39 is 11.6 Å². The maximum atomic E-state index is 13.3. The second kappa shape index (κ2) is 5.81. The van der Waals surface area contributed by atoms with E-state index in [0.717, 1.165) is 0 Å². The minimum atomic E-state index is -0.447. The molecule has 19 heavy (non-hydrogen) atoms. The molecule has 2 aromatic carbocycles. The van der Waals surface area contributed by atoms with Gasteiger partial charge in [0.1, 0.15) is 24.0 Å². The molecule has 0 atom stereocenters. The van der Waals surface area contributed by atoms with E-state index in [1.54, 1.807) is 6.07 Å². The molecule has 2 aromatic rings. The van der Waals surface area contributed by atoms with E-state index in [1.165, 1.54) is 30.3 Å². The molecule has 0 unspecified atom stereocenters. The molecule has 0 aliphatic carbocycles. The van der Waals surface area contributed by atoms with Gasteiger partial charge in [-0.3, -0.25) is 0 Å². The van der Waals surface area contributed by atoms with Crippen molar-refractivity contribution in [2.75, 3.05) is 0 Å². The maximum Gasteiger partial charge on any atom is 0.141 e. The number of rotatable bonds is 3. The first kappa shape index (κ1) is 13.5. The minimum absolute atomic E-state index is 0.00171. The normalized spacial score (nSPS) is 10.0. The molecule has 0 N–H and O–H groups in total. The van der Waals surface area contributed by atoms with Crippen molar-refractivity contribution in [3.63, 3.8) is 0 Å². The van der Waals surface area contributed by atoms with Gasteiger partial charge in [-0.1, -0.05) is 0 Å². The van der Waals surface area contributed by atoms with Crippen LogP contribution in [0.15, 0.2) is 40.9 Å². The summed E-state index contributed by atoms with van der Waals surface area (Å²) in [4.78, 5) is 0. The third kappa shape index (κ3) is 3.30. The summed E-state index contributed by atoms with van der Waals surface area (Å²) in [6.07, 6.45) is 0. The van der Waals surface area contributed by atoms with E-state index in [-0.39, 0.29) is 6.61 Å². The van der Waals surface area contributed by atoms with Crippen molar-refractivity contribution >= 4 is 15.9 Å². The second-order valence-corrected chi connectivity index (χ2v) is 4.63. The molecule has 0 aromatic heterocycles. The van der Waals surface area contributed by atoms with E-state index in [4.69, 9.17) is 10.00 Å². The van der Waals surface area contributed by atoms with Gasteiger partial charge in [-0.05, 0) is 46.3 Å². The summed E-state index contributed by atoms with van der Waals surface area (Å²) < 4.78 is 32.1. The van der Waals surface area contributed by atoms with E-state index in [9.17, 15) is 8.78 Å². The number of nitriles is 1. The van der Waals surface area contributed by atoms with Gasteiger partial charge in [0, 0.05) is 11.6 Å². The number of hydrogen-bond acceptors (Lipinski definition) is 2. The predicted molar refractivity (Wildman–Crippen MR) is 69.5 cm³/mol. The number of ether oxygens (including phenoxy) is 1. The number of nitrogens with zero attached hydrogens (tertiary/aromatic N) is 1. The Morgan fingerprint density at radius 2 is 1.95 bits per heavy atom. The Hall–Kier alpha value is -1.93. The summed E-state index contributed by atoms with van der Waals surface area (Å²) in [5.74, 6) is -0.578. The number of benzene rings is 2. The van der Waals surface area contributed by atoms with Crippen LogP contribution in [-0.4, -0.2) is 0 Å². The summed E-state index contributed by atoms with van der Waals surface area (Å²) >= 11 is 3.03. The largest absolute Gasteiger partial charge is 0.489 e. The fraction of sp³-hybridized carbons (Fsp3) is 0.0714. The van der Waals surface area contributed by atoms with Crippen LogP contribution in [-0.2, 0) is 6.61 Å². The molecule has 0 amide bonds. The maximum absolute atomic E-state index is 13.3. The van der Waals surface area contributed by atoms with Crippen LogP contribution in [0.1, 0.15) is 11.1 Å². The van der Waals surface area contributed by atoms with Crippen molar-refractivity contribution in [2.24, 2.45) is 0 Å². The van der Waals surface area contributed by atoms with Crippen LogP contribution in [0.3, 0.4) is 0 Å². The lowest BCUT2D eigenvalue weighted by Gasteiger charge is -2.08. The summed E-state index contributed by atoms with van der Waals surface area (Å²) in [5, 5.41) is 8.89. The SMILES string of the molecule is N#Cc1ccc(F)cc1COc1ccc(Br)c(F)c1. The van der Waals surface area contributed by atoms with Gasteiger partial charge in [-0.15, -0.1) is 0 Å². The van der Waals surface area contributed by atoms with Crippen LogP contribution in [0.25, 0.3) is 0 Å². The van der Waals surface area contributed by atoms with Crippen LogP contribution in [0.2, 0.25) is 0 Å². The molecule has 96 valence electrons. The Morgan fingerprint density at radius 3 is 2.63 bits per heavy atom. The molecule has 0 saturated carbocycles. The van der Waals surface area contributed by atoms with Gasteiger partial charge in [-0.2, -0.15) is 5.26 Å². The Bertz CT molecular complexity index is 652. The van der Waals surface area contributed by atoms with Crippen LogP contribution in [0.5, 0.6) is 5.75 Å². The molecule has 2 rings (SSSR count). The molecule has 5 heteroatoms. The Balaban J connectivity index is 2.16. The molecule has 0 heterocycles. The summed E-state index contributed by atoms with van der Waals surface area (Å²) in [5.41, 5.74) is 0.754. The van der Waals surface area contributed by atoms with Crippen LogP contribution in [0, 0.1) is 23.0 Å². The molecule has 0 radical (unpaired) electrons. The van der Waals surface area contributed by atoms with Crippen molar-refractivity contribution in [3.05, 3.63) is 63.6 Å². The van der Waals surface area contributed by atoms with Gasteiger partial charge in [0.05, 0.1) is 16.1 Å². The van der Waals surface area contributed by atoms with Crippen LogP contribution < -0.4 is 4.74 Å². The summed E-state index contributed by atoms with van der Waals surface area (Å²) in [6.45, 7) is 0.00171. The highest BCUT2D eigenvalue weighted by atomic mass is 79.9. The van der Waals surface area contributed by atoms with E-state index in [1.807, 2.05) is 6.07 Å². The van der Waals surface area contributed by atoms with Gasteiger partial charge in [0.2, 0.25) is 0 Å². The monoisotopic (exact) mass is 323 g/mol. The molecule has 0 bridgehead atoms. The quantitative estimate of drug-likeness (QED) is 0.849. The van der Waals surface area contributed by atoms with E-state index in [0.29, 0.717) is 21.3 Å². The van der Waals surface area contributed by atoms with Crippen molar-refractivity contribution < 1.29 is 13.5 Å². The number of halogens is 3. The standard InChI is InChI=1S/C14H8BrF2NO/c15-13-4-3-12(6-14(13)17)19-8-10-5-11(16)2-1-9(10)7-18/h1-6H,8H2.